The molecule has 4 nitrogen and oxygen atoms in total. The summed E-state index contributed by atoms with van der Waals surface area (Å²) in [5.41, 5.74) is 11.9. The van der Waals surface area contributed by atoms with Crippen LogP contribution in [0.15, 0.2) is 18.3 Å². The summed E-state index contributed by atoms with van der Waals surface area (Å²) in [6, 6.07) is 3.80. The van der Waals surface area contributed by atoms with Crippen molar-refractivity contribution in [1.82, 2.24) is 4.98 Å². The summed E-state index contributed by atoms with van der Waals surface area (Å²) in [6.45, 7) is 0. The summed E-state index contributed by atoms with van der Waals surface area (Å²) in [5.74, 6) is 2.55. The molecule has 0 saturated heterocycles. The maximum Gasteiger partial charge on any atom is 0.123 e. The number of nitrogens with two attached hydrogens (primary N) is 2. The topological polar surface area (TPSA) is 88.8 Å². The monoisotopic (exact) mass is 246 g/mol. The normalized spacial score (nSPS) is 9.33. The molecule has 0 spiro atoms. The molecule has 0 saturated carbocycles. The van der Waals surface area contributed by atoms with Gasteiger partial charge in [-0.15, -0.1) is 12.4 Å². The Morgan fingerprint density at radius 1 is 1.53 bits per heavy atom. The van der Waals surface area contributed by atoms with Gasteiger partial charge in [0.15, 0.2) is 0 Å². The lowest BCUT2D eigenvalue weighted by Gasteiger charge is -2.01. The predicted molar refractivity (Wildman–Crippen MR) is 68.6 cm³/mol. The maximum absolute atomic E-state index is 7.05. The summed E-state index contributed by atoms with van der Waals surface area (Å²) in [5, 5.41) is 7.05. The molecule has 15 heavy (non-hydrogen) atoms. The van der Waals surface area contributed by atoms with Gasteiger partial charge in [-0.1, -0.05) is 0 Å². The van der Waals surface area contributed by atoms with Gasteiger partial charge in [-0.25, -0.2) is 4.98 Å². The highest BCUT2D eigenvalue weighted by molar-refractivity contribution is 7.98. The molecule has 6 heteroatoms. The molecular formula is C9H15ClN4S. The lowest BCUT2D eigenvalue weighted by Crippen LogP contribution is -2.09. The van der Waals surface area contributed by atoms with Crippen LogP contribution >= 0.6 is 24.2 Å². The van der Waals surface area contributed by atoms with E-state index in [-0.39, 0.29) is 18.2 Å². The summed E-state index contributed by atoms with van der Waals surface area (Å²) in [7, 11) is 0. The Morgan fingerprint density at radius 2 is 2.27 bits per heavy atom. The standard InChI is InChI=1S/C9H14N4S.ClH/c10-8(11)2-4-14-6-7-1-3-13-9(12)5-7;/h1,3,5H,2,4,6H2,(H3,10,11)(H2,12,13);1H. The summed E-state index contributed by atoms with van der Waals surface area (Å²) >= 11 is 1.74. The van der Waals surface area contributed by atoms with Crippen molar-refractivity contribution in [2.45, 2.75) is 12.2 Å². The van der Waals surface area contributed by atoms with E-state index >= 15 is 0 Å². The number of nitrogens with zero attached hydrogens (tertiary/aromatic N) is 1. The molecule has 0 aliphatic rings. The second-order valence-electron chi connectivity index (χ2n) is 2.92. The van der Waals surface area contributed by atoms with Crippen LogP contribution in [-0.4, -0.2) is 16.6 Å². The van der Waals surface area contributed by atoms with Gasteiger partial charge in [0.2, 0.25) is 0 Å². The Hall–Kier alpha value is -0.940. The first-order valence-electron chi connectivity index (χ1n) is 4.29. The number of aromatic nitrogens is 1. The van der Waals surface area contributed by atoms with Crippen molar-refractivity contribution >= 4 is 35.8 Å². The molecule has 1 aromatic rings. The molecule has 5 N–H and O–H groups in total. The number of nitrogens with one attached hydrogen (secondary N) is 1. The molecule has 0 fully saturated rings. The maximum atomic E-state index is 7.05. The van der Waals surface area contributed by atoms with Crippen LogP contribution in [0.4, 0.5) is 5.82 Å². The minimum Gasteiger partial charge on any atom is -0.388 e. The minimum absolute atomic E-state index is 0. The average molecular weight is 247 g/mol. The van der Waals surface area contributed by atoms with E-state index in [0.717, 1.165) is 17.1 Å². The number of hydrogen-bond donors (Lipinski definition) is 3. The number of hydrogen-bond acceptors (Lipinski definition) is 4. The predicted octanol–water partition coefficient (Wildman–Crippen LogP) is 1.64. The second kappa shape index (κ2) is 7.36. The zero-order valence-electron chi connectivity index (χ0n) is 8.27. The molecule has 0 aliphatic heterocycles. The smallest absolute Gasteiger partial charge is 0.123 e. The average Bonchev–Trinajstić information content (AvgIpc) is 2.12. The third kappa shape index (κ3) is 6.19. The van der Waals surface area contributed by atoms with Crippen LogP contribution < -0.4 is 11.5 Å². The molecule has 0 aromatic carbocycles. The van der Waals surface area contributed by atoms with E-state index in [4.69, 9.17) is 16.9 Å². The van der Waals surface area contributed by atoms with Crippen molar-refractivity contribution in [3.8, 4) is 0 Å². The third-order valence-corrected chi connectivity index (χ3v) is 2.66. The van der Waals surface area contributed by atoms with Crippen molar-refractivity contribution in [2.75, 3.05) is 11.5 Å². The first-order chi connectivity index (χ1) is 6.68. The van der Waals surface area contributed by atoms with Gasteiger partial charge in [0.25, 0.3) is 0 Å². The van der Waals surface area contributed by atoms with Gasteiger partial charge >= 0.3 is 0 Å². The van der Waals surface area contributed by atoms with Crippen LogP contribution in [0.3, 0.4) is 0 Å². The highest BCUT2D eigenvalue weighted by Gasteiger charge is 1.95. The quantitative estimate of drug-likeness (QED) is 0.419. The van der Waals surface area contributed by atoms with Crippen molar-refractivity contribution in [3.05, 3.63) is 23.9 Å². The number of amidine groups is 1. The molecule has 0 amide bonds. The highest BCUT2D eigenvalue weighted by atomic mass is 35.5. The fourth-order valence-electron chi connectivity index (χ4n) is 0.956. The van der Waals surface area contributed by atoms with Crippen molar-refractivity contribution in [3.63, 3.8) is 0 Å². The first kappa shape index (κ1) is 14.1. The second-order valence-corrected chi connectivity index (χ2v) is 4.02. The Morgan fingerprint density at radius 3 is 2.87 bits per heavy atom. The molecular weight excluding hydrogens is 232 g/mol. The summed E-state index contributed by atoms with van der Waals surface area (Å²) < 4.78 is 0. The fraction of sp³-hybridized carbons (Fsp3) is 0.333. The highest BCUT2D eigenvalue weighted by Crippen LogP contribution is 2.13. The molecule has 1 heterocycles. The van der Waals surface area contributed by atoms with E-state index in [9.17, 15) is 0 Å². The number of thioether (sulfide) groups is 1. The number of halogens is 1. The van der Waals surface area contributed by atoms with Gasteiger partial charge < -0.3 is 11.5 Å². The molecule has 0 atom stereocenters. The molecule has 0 bridgehead atoms. The van der Waals surface area contributed by atoms with Crippen molar-refractivity contribution in [2.24, 2.45) is 5.73 Å². The van der Waals surface area contributed by atoms with E-state index < -0.39 is 0 Å². The lowest BCUT2D eigenvalue weighted by atomic mass is 10.3. The van der Waals surface area contributed by atoms with Gasteiger partial charge in [-0.3, -0.25) is 5.41 Å². The minimum atomic E-state index is 0. The third-order valence-electron chi connectivity index (χ3n) is 1.63. The van der Waals surface area contributed by atoms with E-state index in [0.29, 0.717) is 12.2 Å². The van der Waals surface area contributed by atoms with E-state index in [2.05, 4.69) is 4.98 Å². The van der Waals surface area contributed by atoms with Crippen LogP contribution in [-0.2, 0) is 5.75 Å². The van der Waals surface area contributed by atoms with Gasteiger partial charge in [-0.05, 0) is 17.7 Å². The number of nitrogen functional groups attached to an aromatic ring is 1. The van der Waals surface area contributed by atoms with E-state index in [1.54, 1.807) is 18.0 Å². The largest absolute Gasteiger partial charge is 0.388 e. The molecule has 84 valence electrons. The summed E-state index contributed by atoms with van der Waals surface area (Å²) in [6.07, 6.45) is 2.35. The van der Waals surface area contributed by atoms with Crippen LogP contribution in [0.1, 0.15) is 12.0 Å². The Bertz CT molecular complexity index is 319. The number of rotatable bonds is 5. The zero-order chi connectivity index (χ0) is 10.4. The Kier molecular flexibility index (Phi) is 6.90. The number of anilines is 1. The van der Waals surface area contributed by atoms with Gasteiger partial charge in [0.05, 0.1) is 5.84 Å². The molecule has 1 rings (SSSR count). The van der Waals surface area contributed by atoms with E-state index in [1.165, 1.54) is 0 Å². The molecule has 0 unspecified atom stereocenters. The van der Waals surface area contributed by atoms with Crippen LogP contribution in [0, 0.1) is 5.41 Å². The molecule has 0 radical (unpaired) electrons. The van der Waals surface area contributed by atoms with Gasteiger partial charge in [-0.2, -0.15) is 11.8 Å². The van der Waals surface area contributed by atoms with Crippen LogP contribution in [0.5, 0.6) is 0 Å². The van der Waals surface area contributed by atoms with Gasteiger partial charge in [0, 0.05) is 24.1 Å². The molecule has 1 aromatic heterocycles. The van der Waals surface area contributed by atoms with Crippen LogP contribution in [0.2, 0.25) is 0 Å². The van der Waals surface area contributed by atoms with Crippen molar-refractivity contribution in [1.29, 1.82) is 5.41 Å². The van der Waals surface area contributed by atoms with Crippen molar-refractivity contribution < 1.29 is 0 Å². The van der Waals surface area contributed by atoms with Crippen LogP contribution in [0.25, 0.3) is 0 Å². The lowest BCUT2D eigenvalue weighted by molar-refractivity contribution is 1.22. The van der Waals surface area contributed by atoms with Gasteiger partial charge in [0.1, 0.15) is 5.82 Å². The fourth-order valence-corrected chi connectivity index (χ4v) is 1.88. The first-order valence-corrected chi connectivity index (χ1v) is 5.45. The van der Waals surface area contributed by atoms with E-state index in [1.807, 2.05) is 12.1 Å². The Labute approximate surface area is 99.8 Å². The SMILES string of the molecule is Cl.N=C(N)CCSCc1ccnc(N)c1. The number of pyridine rings is 1. The zero-order valence-corrected chi connectivity index (χ0v) is 9.90. The summed E-state index contributed by atoms with van der Waals surface area (Å²) in [4.78, 5) is 3.91. The Balaban J connectivity index is 0.00000196. The molecule has 0 aliphatic carbocycles.